The zero-order valence-electron chi connectivity index (χ0n) is 13.7. The van der Waals surface area contributed by atoms with Crippen LogP contribution in [0, 0.1) is 5.92 Å². The second-order valence-corrected chi connectivity index (χ2v) is 7.41. The van der Waals surface area contributed by atoms with Gasteiger partial charge in [0, 0.05) is 37.5 Å². The van der Waals surface area contributed by atoms with Crippen LogP contribution in [0.15, 0.2) is 30.3 Å². The summed E-state index contributed by atoms with van der Waals surface area (Å²) in [7, 11) is 0. The minimum Gasteiger partial charge on any atom is -0.307 e. The average Bonchev–Trinajstić information content (AvgIpc) is 2.55. The molecule has 0 radical (unpaired) electrons. The highest BCUT2D eigenvalue weighted by atomic mass is 32.2. The molecule has 1 aliphatic heterocycles. The standard InChI is InChI=1S/C18H30N2S/c1-4-15(3)18-13-19-17(16-9-7-6-8-10-16)14-20(18)11-12-21-5-2/h6-10,15,17-19H,4-5,11-14H2,1-3H3. The summed E-state index contributed by atoms with van der Waals surface area (Å²) in [5.41, 5.74) is 1.42. The first kappa shape index (κ1) is 16.9. The van der Waals surface area contributed by atoms with E-state index in [2.05, 4.69) is 73.1 Å². The number of benzene rings is 1. The van der Waals surface area contributed by atoms with Crippen molar-refractivity contribution >= 4 is 11.8 Å². The molecule has 0 amide bonds. The van der Waals surface area contributed by atoms with Crippen LogP contribution in [0.25, 0.3) is 0 Å². The van der Waals surface area contributed by atoms with Crippen LogP contribution in [-0.2, 0) is 0 Å². The van der Waals surface area contributed by atoms with E-state index in [1.54, 1.807) is 0 Å². The number of nitrogens with zero attached hydrogens (tertiary/aromatic N) is 1. The van der Waals surface area contributed by atoms with Crippen molar-refractivity contribution in [3.05, 3.63) is 35.9 Å². The molecule has 3 heteroatoms. The summed E-state index contributed by atoms with van der Waals surface area (Å²) in [6.45, 7) is 10.4. The first-order valence-electron chi connectivity index (χ1n) is 8.36. The van der Waals surface area contributed by atoms with Gasteiger partial charge in [0.05, 0.1) is 0 Å². The predicted octanol–water partition coefficient (Wildman–Crippen LogP) is 3.80. The van der Waals surface area contributed by atoms with Gasteiger partial charge in [0.2, 0.25) is 0 Å². The van der Waals surface area contributed by atoms with E-state index in [1.165, 1.54) is 30.0 Å². The summed E-state index contributed by atoms with van der Waals surface area (Å²) in [6.07, 6.45) is 1.26. The molecule has 1 aliphatic rings. The van der Waals surface area contributed by atoms with E-state index in [-0.39, 0.29) is 0 Å². The zero-order chi connectivity index (χ0) is 15.1. The van der Waals surface area contributed by atoms with E-state index >= 15 is 0 Å². The summed E-state index contributed by atoms with van der Waals surface area (Å²) in [4.78, 5) is 2.73. The van der Waals surface area contributed by atoms with Crippen LogP contribution >= 0.6 is 11.8 Å². The van der Waals surface area contributed by atoms with Crippen LogP contribution in [0.4, 0.5) is 0 Å². The number of rotatable bonds is 7. The van der Waals surface area contributed by atoms with Gasteiger partial charge >= 0.3 is 0 Å². The molecule has 1 aromatic rings. The lowest BCUT2D eigenvalue weighted by Gasteiger charge is -2.43. The maximum atomic E-state index is 3.77. The van der Waals surface area contributed by atoms with Gasteiger partial charge in [-0.05, 0) is 17.2 Å². The highest BCUT2D eigenvalue weighted by molar-refractivity contribution is 7.99. The molecule has 1 saturated heterocycles. The van der Waals surface area contributed by atoms with Crippen LogP contribution in [0.5, 0.6) is 0 Å². The molecule has 0 saturated carbocycles. The third-order valence-corrected chi connectivity index (χ3v) is 5.57. The van der Waals surface area contributed by atoms with Gasteiger partial charge in [-0.1, -0.05) is 57.5 Å². The quantitative estimate of drug-likeness (QED) is 0.771. The summed E-state index contributed by atoms with van der Waals surface area (Å²) in [6, 6.07) is 12.1. The van der Waals surface area contributed by atoms with Crippen LogP contribution in [0.3, 0.4) is 0 Å². The number of hydrogen-bond acceptors (Lipinski definition) is 3. The second-order valence-electron chi connectivity index (χ2n) is 6.02. The Labute approximate surface area is 134 Å². The number of piperazine rings is 1. The van der Waals surface area contributed by atoms with Crippen molar-refractivity contribution in [2.75, 3.05) is 31.1 Å². The molecule has 1 heterocycles. The molecule has 21 heavy (non-hydrogen) atoms. The Morgan fingerprint density at radius 1 is 1.29 bits per heavy atom. The van der Waals surface area contributed by atoms with Gasteiger partial charge in [-0.2, -0.15) is 11.8 Å². The van der Waals surface area contributed by atoms with Gasteiger partial charge in [0.25, 0.3) is 0 Å². The van der Waals surface area contributed by atoms with E-state index < -0.39 is 0 Å². The van der Waals surface area contributed by atoms with Crippen LogP contribution in [0.2, 0.25) is 0 Å². The first-order chi connectivity index (χ1) is 10.3. The van der Waals surface area contributed by atoms with Crippen LogP contribution in [-0.4, -0.2) is 42.1 Å². The molecule has 1 fully saturated rings. The Hall–Kier alpha value is -0.510. The third kappa shape index (κ3) is 4.73. The maximum Gasteiger partial charge on any atom is 0.0449 e. The summed E-state index contributed by atoms with van der Waals surface area (Å²) in [5.74, 6) is 3.24. The molecule has 3 unspecified atom stereocenters. The largest absolute Gasteiger partial charge is 0.307 e. The molecular weight excluding hydrogens is 276 g/mol. The number of nitrogens with one attached hydrogen (secondary N) is 1. The summed E-state index contributed by atoms with van der Waals surface area (Å²) in [5, 5.41) is 3.77. The fourth-order valence-electron chi connectivity index (χ4n) is 3.15. The number of hydrogen-bond donors (Lipinski definition) is 1. The Morgan fingerprint density at radius 2 is 2.05 bits per heavy atom. The second kappa shape index (κ2) is 8.82. The van der Waals surface area contributed by atoms with Gasteiger partial charge in [0.15, 0.2) is 0 Å². The fourth-order valence-corrected chi connectivity index (χ4v) is 3.80. The molecule has 0 spiro atoms. The topological polar surface area (TPSA) is 15.3 Å². The lowest BCUT2D eigenvalue weighted by atomic mass is 9.93. The van der Waals surface area contributed by atoms with Gasteiger partial charge in [0.1, 0.15) is 0 Å². The van der Waals surface area contributed by atoms with Gasteiger partial charge in [-0.3, -0.25) is 4.90 Å². The SMILES string of the molecule is CCSCCN1CC(c2ccccc2)NCC1C(C)CC. The molecule has 2 nitrogen and oxygen atoms in total. The highest BCUT2D eigenvalue weighted by Crippen LogP contribution is 2.24. The van der Waals surface area contributed by atoms with E-state index in [9.17, 15) is 0 Å². The third-order valence-electron chi connectivity index (χ3n) is 4.69. The lowest BCUT2D eigenvalue weighted by molar-refractivity contribution is 0.0983. The Kier molecular flexibility index (Phi) is 7.08. The molecule has 0 bridgehead atoms. The van der Waals surface area contributed by atoms with E-state index in [0.29, 0.717) is 12.1 Å². The molecule has 0 aliphatic carbocycles. The minimum absolute atomic E-state index is 0.484. The zero-order valence-corrected chi connectivity index (χ0v) is 14.5. The monoisotopic (exact) mass is 306 g/mol. The smallest absolute Gasteiger partial charge is 0.0449 e. The first-order valence-corrected chi connectivity index (χ1v) is 9.51. The summed E-state index contributed by atoms with van der Waals surface area (Å²) < 4.78 is 0. The van der Waals surface area contributed by atoms with Crippen molar-refractivity contribution in [2.45, 2.75) is 39.3 Å². The summed E-state index contributed by atoms with van der Waals surface area (Å²) >= 11 is 2.06. The molecule has 118 valence electrons. The number of thioether (sulfide) groups is 1. The normalized spacial score (nSPS) is 24.9. The minimum atomic E-state index is 0.484. The van der Waals surface area contributed by atoms with Crippen molar-refractivity contribution < 1.29 is 0 Å². The van der Waals surface area contributed by atoms with Crippen molar-refractivity contribution in [1.29, 1.82) is 0 Å². The van der Waals surface area contributed by atoms with Crippen molar-refractivity contribution in [1.82, 2.24) is 10.2 Å². The lowest BCUT2D eigenvalue weighted by Crippen LogP contribution is -2.55. The predicted molar refractivity (Wildman–Crippen MR) is 95.0 cm³/mol. The molecule has 2 rings (SSSR count). The highest BCUT2D eigenvalue weighted by Gasteiger charge is 2.30. The van der Waals surface area contributed by atoms with Gasteiger partial charge in [-0.25, -0.2) is 0 Å². The Balaban J connectivity index is 2.01. The molecule has 0 aromatic heterocycles. The van der Waals surface area contributed by atoms with E-state index in [4.69, 9.17) is 0 Å². The van der Waals surface area contributed by atoms with Crippen molar-refractivity contribution in [2.24, 2.45) is 5.92 Å². The van der Waals surface area contributed by atoms with Crippen molar-refractivity contribution in [3.8, 4) is 0 Å². The molecule has 3 atom stereocenters. The fraction of sp³-hybridized carbons (Fsp3) is 0.667. The molecule has 1 aromatic carbocycles. The maximum absolute atomic E-state index is 3.77. The Bertz CT molecular complexity index is 395. The Morgan fingerprint density at radius 3 is 2.71 bits per heavy atom. The van der Waals surface area contributed by atoms with Gasteiger partial charge < -0.3 is 5.32 Å². The van der Waals surface area contributed by atoms with E-state index in [1.807, 2.05) is 0 Å². The van der Waals surface area contributed by atoms with E-state index in [0.717, 1.165) is 19.0 Å². The average molecular weight is 307 g/mol. The van der Waals surface area contributed by atoms with Crippen LogP contribution < -0.4 is 5.32 Å². The van der Waals surface area contributed by atoms with Crippen molar-refractivity contribution in [3.63, 3.8) is 0 Å². The molecule has 1 N–H and O–H groups in total. The van der Waals surface area contributed by atoms with Gasteiger partial charge in [-0.15, -0.1) is 0 Å². The molecular formula is C18H30N2S. The van der Waals surface area contributed by atoms with Crippen LogP contribution in [0.1, 0.15) is 38.8 Å².